The van der Waals surface area contributed by atoms with Crippen LogP contribution in [0.4, 0.5) is 0 Å². The number of hydrogen-bond donors (Lipinski definition) is 1. The molecule has 0 saturated carbocycles. The molecule has 8 heteroatoms. The number of piperidine rings is 1. The monoisotopic (exact) mass is 338 g/mol. The summed E-state index contributed by atoms with van der Waals surface area (Å²) >= 11 is 0. The molecule has 2 saturated heterocycles. The summed E-state index contributed by atoms with van der Waals surface area (Å²) < 4.78 is 15.8. The second-order valence-corrected chi connectivity index (χ2v) is 6.52. The van der Waals surface area contributed by atoms with Crippen molar-refractivity contribution in [3.8, 4) is 0 Å². The molecule has 1 amide bonds. The van der Waals surface area contributed by atoms with Crippen molar-refractivity contribution in [2.75, 3.05) is 40.0 Å². The van der Waals surface area contributed by atoms with Gasteiger partial charge in [-0.3, -0.25) is 9.69 Å². The van der Waals surface area contributed by atoms with Gasteiger partial charge < -0.3 is 19.3 Å². The van der Waals surface area contributed by atoms with Gasteiger partial charge in [-0.2, -0.15) is 4.98 Å². The fourth-order valence-electron chi connectivity index (χ4n) is 3.64. The zero-order valence-corrected chi connectivity index (χ0v) is 14.4. The zero-order valence-electron chi connectivity index (χ0n) is 14.4. The van der Waals surface area contributed by atoms with Gasteiger partial charge in [0.15, 0.2) is 5.82 Å². The van der Waals surface area contributed by atoms with E-state index in [-0.39, 0.29) is 24.5 Å². The van der Waals surface area contributed by atoms with Crippen LogP contribution in [0.5, 0.6) is 0 Å². The van der Waals surface area contributed by atoms with Crippen LogP contribution in [-0.2, 0) is 14.3 Å². The van der Waals surface area contributed by atoms with Gasteiger partial charge in [0.05, 0.1) is 12.0 Å². The molecule has 0 radical (unpaired) electrons. The number of aromatic nitrogens is 2. The van der Waals surface area contributed by atoms with Crippen molar-refractivity contribution in [1.29, 1.82) is 0 Å². The quantitative estimate of drug-likeness (QED) is 0.835. The molecule has 2 atom stereocenters. The molecule has 0 aliphatic carbocycles. The van der Waals surface area contributed by atoms with Crippen molar-refractivity contribution in [3.05, 3.63) is 11.7 Å². The lowest BCUT2D eigenvalue weighted by Gasteiger charge is -2.42. The Morgan fingerprint density at radius 3 is 2.83 bits per heavy atom. The molecule has 0 aromatic carbocycles. The molecular weight excluding hydrogens is 312 g/mol. The van der Waals surface area contributed by atoms with Gasteiger partial charge >= 0.3 is 0 Å². The lowest BCUT2D eigenvalue weighted by molar-refractivity contribution is -0.126. The highest BCUT2D eigenvalue weighted by atomic mass is 16.5. The number of rotatable bonds is 5. The molecule has 2 fully saturated rings. The van der Waals surface area contributed by atoms with E-state index in [2.05, 4.69) is 20.4 Å². The summed E-state index contributed by atoms with van der Waals surface area (Å²) in [5.41, 5.74) is 0. The molecule has 0 unspecified atom stereocenters. The third-order valence-corrected chi connectivity index (χ3v) is 4.83. The molecule has 2 aliphatic rings. The first-order valence-electron chi connectivity index (χ1n) is 8.57. The Hall–Kier alpha value is -1.51. The fourth-order valence-corrected chi connectivity index (χ4v) is 3.64. The third kappa shape index (κ3) is 4.12. The van der Waals surface area contributed by atoms with Crippen LogP contribution in [0.1, 0.15) is 36.9 Å². The summed E-state index contributed by atoms with van der Waals surface area (Å²) in [6.07, 6.45) is 2.98. The van der Waals surface area contributed by atoms with Crippen molar-refractivity contribution in [3.63, 3.8) is 0 Å². The Balaban J connectivity index is 1.70. The number of carbonyl (C=O) groups excluding carboxylic acids is 1. The Morgan fingerprint density at radius 2 is 2.17 bits per heavy atom. The van der Waals surface area contributed by atoms with Crippen LogP contribution >= 0.6 is 0 Å². The summed E-state index contributed by atoms with van der Waals surface area (Å²) in [5, 5.41) is 6.98. The first-order chi connectivity index (χ1) is 11.7. The molecule has 1 N–H and O–H groups in total. The fraction of sp³-hybridized carbons (Fsp3) is 0.812. The molecule has 134 valence electrons. The van der Waals surface area contributed by atoms with E-state index in [4.69, 9.17) is 14.0 Å². The van der Waals surface area contributed by atoms with E-state index in [9.17, 15) is 4.79 Å². The van der Waals surface area contributed by atoms with Crippen LogP contribution in [0, 0.1) is 6.92 Å². The van der Waals surface area contributed by atoms with E-state index >= 15 is 0 Å². The maximum atomic E-state index is 12.0. The summed E-state index contributed by atoms with van der Waals surface area (Å²) in [6, 6.07) is 0.468. The first kappa shape index (κ1) is 17.3. The van der Waals surface area contributed by atoms with E-state index < -0.39 is 0 Å². The minimum absolute atomic E-state index is 0.0445. The molecule has 0 spiro atoms. The number of ether oxygens (including phenoxy) is 2. The number of likely N-dealkylation sites (tertiary alicyclic amines) is 1. The van der Waals surface area contributed by atoms with E-state index in [1.54, 1.807) is 0 Å². The Labute approximate surface area is 141 Å². The van der Waals surface area contributed by atoms with Crippen molar-refractivity contribution in [1.82, 2.24) is 20.4 Å². The van der Waals surface area contributed by atoms with Gasteiger partial charge in [0.1, 0.15) is 6.61 Å². The Kier molecular flexibility index (Phi) is 5.80. The average molecular weight is 338 g/mol. The third-order valence-electron chi connectivity index (χ3n) is 4.83. The predicted molar refractivity (Wildman–Crippen MR) is 85.6 cm³/mol. The largest absolute Gasteiger partial charge is 0.381 e. The van der Waals surface area contributed by atoms with E-state index in [0.717, 1.165) is 45.6 Å². The summed E-state index contributed by atoms with van der Waals surface area (Å²) in [6.45, 7) is 5.24. The molecule has 1 aromatic heterocycles. The van der Waals surface area contributed by atoms with Gasteiger partial charge in [-0.25, -0.2) is 0 Å². The van der Waals surface area contributed by atoms with Gasteiger partial charge in [0.25, 0.3) is 0 Å². The molecule has 1 aromatic rings. The maximum Gasteiger partial charge on any atom is 0.246 e. The zero-order chi connectivity index (χ0) is 16.9. The van der Waals surface area contributed by atoms with Crippen molar-refractivity contribution in [2.45, 2.75) is 44.2 Å². The maximum absolute atomic E-state index is 12.0. The van der Waals surface area contributed by atoms with Gasteiger partial charge in [-0.05, 0) is 32.7 Å². The minimum atomic E-state index is -0.113. The minimum Gasteiger partial charge on any atom is -0.381 e. The van der Waals surface area contributed by atoms with Crippen molar-refractivity contribution >= 4 is 5.91 Å². The van der Waals surface area contributed by atoms with Crippen LogP contribution in [0.2, 0.25) is 0 Å². The molecule has 8 nitrogen and oxygen atoms in total. The van der Waals surface area contributed by atoms with Gasteiger partial charge in [0.2, 0.25) is 11.8 Å². The second-order valence-electron chi connectivity index (χ2n) is 6.52. The van der Waals surface area contributed by atoms with Crippen LogP contribution in [0.3, 0.4) is 0 Å². The topological polar surface area (TPSA) is 89.7 Å². The SMILES string of the molecule is COCC(=O)N[C@@H]1CN(C2CCOCC2)CC[C@@H]1c1nc(C)no1. The van der Waals surface area contributed by atoms with Crippen LogP contribution in [0.15, 0.2) is 4.52 Å². The number of nitrogens with zero attached hydrogens (tertiary/aromatic N) is 3. The summed E-state index contributed by atoms with van der Waals surface area (Å²) in [5.74, 6) is 1.17. The number of nitrogens with one attached hydrogen (secondary N) is 1. The standard InChI is InChI=1S/C16H26N4O4/c1-11-17-16(24-19-11)13-3-6-20(12-4-7-23-8-5-12)9-14(13)18-15(21)10-22-2/h12-14H,3-10H2,1-2H3,(H,18,21)/t13-,14+/m0/s1. The average Bonchev–Trinajstić information content (AvgIpc) is 3.02. The van der Waals surface area contributed by atoms with E-state index in [1.165, 1.54) is 7.11 Å². The highest BCUT2D eigenvalue weighted by molar-refractivity contribution is 5.77. The number of methoxy groups -OCH3 is 1. The predicted octanol–water partition coefficient (Wildman–Crippen LogP) is 0.478. The Bertz CT molecular complexity index is 544. The van der Waals surface area contributed by atoms with E-state index in [1.807, 2.05) is 6.92 Å². The second kappa shape index (κ2) is 8.04. The van der Waals surface area contributed by atoms with Crippen LogP contribution < -0.4 is 5.32 Å². The van der Waals surface area contributed by atoms with Gasteiger partial charge in [0, 0.05) is 32.9 Å². The highest BCUT2D eigenvalue weighted by Crippen LogP contribution is 2.30. The van der Waals surface area contributed by atoms with E-state index in [0.29, 0.717) is 17.8 Å². The lowest BCUT2D eigenvalue weighted by atomic mass is 9.89. The molecule has 24 heavy (non-hydrogen) atoms. The first-order valence-corrected chi connectivity index (χ1v) is 8.57. The smallest absolute Gasteiger partial charge is 0.246 e. The number of amides is 1. The number of carbonyl (C=O) groups is 1. The number of aryl methyl sites for hydroxylation is 1. The molecule has 3 heterocycles. The van der Waals surface area contributed by atoms with Crippen molar-refractivity contribution < 1.29 is 18.8 Å². The molecular formula is C16H26N4O4. The normalized spacial score (nSPS) is 26.4. The lowest BCUT2D eigenvalue weighted by Crippen LogP contribution is -2.55. The van der Waals surface area contributed by atoms with Crippen molar-refractivity contribution in [2.24, 2.45) is 0 Å². The van der Waals surface area contributed by atoms with Gasteiger partial charge in [-0.1, -0.05) is 5.16 Å². The molecule has 0 bridgehead atoms. The van der Waals surface area contributed by atoms with Crippen LogP contribution in [0.25, 0.3) is 0 Å². The molecule has 3 rings (SSSR count). The van der Waals surface area contributed by atoms with Crippen LogP contribution in [-0.4, -0.2) is 73.1 Å². The number of hydrogen-bond acceptors (Lipinski definition) is 7. The summed E-state index contributed by atoms with van der Waals surface area (Å²) in [7, 11) is 1.52. The summed E-state index contributed by atoms with van der Waals surface area (Å²) in [4.78, 5) is 18.9. The Morgan fingerprint density at radius 1 is 1.38 bits per heavy atom. The van der Waals surface area contributed by atoms with Gasteiger partial charge in [-0.15, -0.1) is 0 Å². The molecule has 2 aliphatic heterocycles. The highest BCUT2D eigenvalue weighted by Gasteiger charge is 2.37.